The molecule has 1 amide bonds. The number of aromatic nitrogens is 4. The zero-order valence-corrected chi connectivity index (χ0v) is 13.4. The molecule has 0 unspecified atom stereocenters. The van der Waals surface area contributed by atoms with E-state index >= 15 is 0 Å². The Labute approximate surface area is 142 Å². The van der Waals surface area contributed by atoms with Crippen molar-refractivity contribution >= 4 is 17.3 Å². The average molecular weight is 340 g/mol. The van der Waals surface area contributed by atoms with E-state index in [2.05, 4.69) is 25.7 Å². The van der Waals surface area contributed by atoms with E-state index in [0.717, 1.165) is 11.3 Å². The molecule has 0 aliphatic heterocycles. The minimum Gasteiger partial charge on any atom is -0.320 e. The number of aryl methyl sites for hydroxylation is 1. The number of hydrogen-bond donors (Lipinski definition) is 3. The number of carbonyl (C=O) groups excluding carboxylic acids is 1. The van der Waals surface area contributed by atoms with Gasteiger partial charge in [-0.25, -0.2) is 0 Å². The molecule has 25 heavy (non-hydrogen) atoms. The van der Waals surface area contributed by atoms with Crippen LogP contribution in [-0.4, -0.2) is 31.2 Å². The molecular weight excluding hydrogens is 324 g/mol. The third kappa shape index (κ3) is 3.39. The molecule has 0 spiro atoms. The highest BCUT2D eigenvalue weighted by molar-refractivity contribution is 6.06. The van der Waals surface area contributed by atoms with E-state index in [0.29, 0.717) is 24.2 Å². The lowest BCUT2D eigenvalue weighted by Gasteiger charge is -2.05. The first-order valence-electron chi connectivity index (χ1n) is 7.73. The zero-order valence-electron chi connectivity index (χ0n) is 13.4. The van der Waals surface area contributed by atoms with Crippen molar-refractivity contribution in [1.82, 2.24) is 20.4 Å². The predicted molar refractivity (Wildman–Crippen MR) is 91.2 cm³/mol. The molecule has 0 aliphatic rings. The molecule has 0 bridgehead atoms. The number of aromatic amines is 2. The first-order valence-corrected chi connectivity index (χ1v) is 7.73. The maximum absolute atomic E-state index is 12.4. The summed E-state index contributed by atoms with van der Waals surface area (Å²) < 4.78 is 0. The first-order chi connectivity index (χ1) is 12.1. The molecule has 3 aromatic rings. The Morgan fingerprint density at radius 2 is 2.16 bits per heavy atom. The second kappa shape index (κ2) is 6.95. The lowest BCUT2D eigenvalue weighted by Crippen LogP contribution is -2.14. The molecule has 3 N–H and O–H groups in total. The third-order valence-corrected chi connectivity index (χ3v) is 3.64. The highest BCUT2D eigenvalue weighted by Crippen LogP contribution is 2.25. The van der Waals surface area contributed by atoms with Crippen LogP contribution in [0.3, 0.4) is 0 Å². The van der Waals surface area contributed by atoms with Crippen molar-refractivity contribution < 1.29 is 9.72 Å². The van der Waals surface area contributed by atoms with Gasteiger partial charge in [0.15, 0.2) is 0 Å². The van der Waals surface area contributed by atoms with Gasteiger partial charge in [0.2, 0.25) is 5.69 Å². The van der Waals surface area contributed by atoms with Crippen molar-refractivity contribution in [3.63, 3.8) is 0 Å². The fourth-order valence-corrected chi connectivity index (χ4v) is 2.52. The van der Waals surface area contributed by atoms with Crippen LogP contribution in [0.4, 0.5) is 11.4 Å². The van der Waals surface area contributed by atoms with Crippen LogP contribution in [0.1, 0.15) is 29.5 Å². The van der Waals surface area contributed by atoms with Crippen molar-refractivity contribution in [2.45, 2.75) is 19.8 Å². The number of nitrogens with one attached hydrogen (secondary N) is 3. The van der Waals surface area contributed by atoms with Crippen molar-refractivity contribution in [3.05, 3.63) is 58.0 Å². The van der Waals surface area contributed by atoms with Crippen LogP contribution in [-0.2, 0) is 6.42 Å². The largest absolute Gasteiger partial charge is 0.322 e. The van der Waals surface area contributed by atoms with E-state index < -0.39 is 10.8 Å². The summed E-state index contributed by atoms with van der Waals surface area (Å²) in [6, 6.07) is 8.88. The Morgan fingerprint density at radius 1 is 1.32 bits per heavy atom. The Hall–Kier alpha value is -3.49. The molecule has 9 heteroatoms. The minimum atomic E-state index is -0.632. The van der Waals surface area contributed by atoms with Gasteiger partial charge in [-0.15, -0.1) is 0 Å². The van der Waals surface area contributed by atoms with Gasteiger partial charge in [-0.1, -0.05) is 25.5 Å². The van der Waals surface area contributed by atoms with Crippen LogP contribution in [0.2, 0.25) is 0 Å². The molecule has 1 aromatic carbocycles. The molecule has 2 aromatic heterocycles. The van der Waals surface area contributed by atoms with Gasteiger partial charge in [0, 0.05) is 17.4 Å². The lowest BCUT2D eigenvalue weighted by molar-refractivity contribution is -0.385. The van der Waals surface area contributed by atoms with Crippen molar-refractivity contribution in [2.75, 3.05) is 5.32 Å². The fourth-order valence-electron chi connectivity index (χ4n) is 2.52. The normalized spacial score (nSPS) is 10.6. The van der Waals surface area contributed by atoms with Crippen molar-refractivity contribution in [1.29, 1.82) is 0 Å². The number of anilines is 1. The van der Waals surface area contributed by atoms with Gasteiger partial charge in [0.25, 0.3) is 5.91 Å². The summed E-state index contributed by atoms with van der Waals surface area (Å²) in [7, 11) is 0. The fraction of sp³-hybridized carbons (Fsp3) is 0.188. The molecule has 0 saturated carbocycles. The maximum atomic E-state index is 12.4. The van der Waals surface area contributed by atoms with Crippen LogP contribution in [0.15, 0.2) is 36.5 Å². The Kier molecular flexibility index (Phi) is 4.55. The number of rotatable bonds is 6. The zero-order chi connectivity index (χ0) is 17.8. The van der Waals surface area contributed by atoms with Crippen LogP contribution in [0.25, 0.3) is 11.3 Å². The van der Waals surface area contributed by atoms with Gasteiger partial charge < -0.3 is 5.32 Å². The summed E-state index contributed by atoms with van der Waals surface area (Å²) in [6.45, 7) is 1.89. The highest BCUT2D eigenvalue weighted by Gasteiger charge is 2.28. The van der Waals surface area contributed by atoms with E-state index in [-0.39, 0.29) is 11.4 Å². The molecule has 0 atom stereocenters. The average Bonchev–Trinajstić information content (AvgIpc) is 3.25. The van der Waals surface area contributed by atoms with Crippen LogP contribution in [0.5, 0.6) is 0 Å². The number of amides is 1. The summed E-state index contributed by atoms with van der Waals surface area (Å²) in [4.78, 5) is 23.2. The second-order valence-electron chi connectivity index (χ2n) is 5.41. The topological polar surface area (TPSA) is 130 Å². The van der Waals surface area contributed by atoms with E-state index in [1.165, 1.54) is 0 Å². The number of hydrogen-bond acceptors (Lipinski definition) is 5. The molecule has 2 heterocycles. The van der Waals surface area contributed by atoms with Gasteiger partial charge in [-0.2, -0.15) is 10.2 Å². The van der Waals surface area contributed by atoms with Gasteiger partial charge >= 0.3 is 5.69 Å². The third-order valence-electron chi connectivity index (χ3n) is 3.64. The standard InChI is InChI=1S/C16H16N6O3/c1-2-4-13-15(22(24)25)14(21-20-13)16(23)18-11-6-3-5-10(9-11)12-7-8-17-19-12/h3,5-9H,2,4H2,1H3,(H,17,19)(H,18,23)(H,20,21). The molecule has 3 rings (SSSR count). The smallest absolute Gasteiger partial charge is 0.320 e. The van der Waals surface area contributed by atoms with E-state index in [9.17, 15) is 14.9 Å². The summed E-state index contributed by atoms with van der Waals surface area (Å²) in [6.07, 6.45) is 2.78. The number of nitro groups is 1. The lowest BCUT2D eigenvalue weighted by atomic mass is 10.1. The van der Waals surface area contributed by atoms with Crippen LogP contribution >= 0.6 is 0 Å². The monoisotopic (exact) mass is 340 g/mol. The highest BCUT2D eigenvalue weighted by atomic mass is 16.6. The summed E-state index contributed by atoms with van der Waals surface area (Å²) >= 11 is 0. The van der Waals surface area contributed by atoms with Crippen LogP contribution < -0.4 is 5.32 Å². The Bertz CT molecular complexity index is 900. The van der Waals surface area contributed by atoms with E-state index in [1.54, 1.807) is 30.5 Å². The molecular formula is C16H16N6O3. The molecule has 0 fully saturated rings. The van der Waals surface area contributed by atoms with Crippen molar-refractivity contribution in [3.8, 4) is 11.3 Å². The van der Waals surface area contributed by atoms with E-state index in [4.69, 9.17) is 0 Å². The molecule has 9 nitrogen and oxygen atoms in total. The predicted octanol–water partition coefficient (Wildman–Crippen LogP) is 2.91. The Balaban J connectivity index is 1.86. The molecule has 128 valence electrons. The number of H-pyrrole nitrogens is 2. The minimum absolute atomic E-state index is 0.222. The van der Waals surface area contributed by atoms with Gasteiger partial charge in [0.1, 0.15) is 5.69 Å². The van der Waals surface area contributed by atoms with Gasteiger partial charge in [-0.3, -0.25) is 25.1 Å². The van der Waals surface area contributed by atoms with Gasteiger partial charge in [0.05, 0.1) is 10.6 Å². The molecule has 0 radical (unpaired) electrons. The number of carbonyl (C=O) groups is 1. The maximum Gasteiger partial charge on any atom is 0.322 e. The quantitative estimate of drug-likeness (QED) is 0.469. The van der Waals surface area contributed by atoms with E-state index in [1.807, 2.05) is 13.0 Å². The SMILES string of the molecule is CCCc1[nH]nc(C(=O)Nc2cccc(-c3ccn[nH]3)c2)c1[N+](=O)[O-]. The summed E-state index contributed by atoms with van der Waals surface area (Å²) in [5.74, 6) is -0.632. The Morgan fingerprint density at radius 3 is 2.84 bits per heavy atom. The van der Waals surface area contributed by atoms with Crippen LogP contribution in [0, 0.1) is 10.1 Å². The van der Waals surface area contributed by atoms with Crippen molar-refractivity contribution in [2.24, 2.45) is 0 Å². The van der Waals surface area contributed by atoms with Gasteiger partial charge in [-0.05, 0) is 24.6 Å². The second-order valence-corrected chi connectivity index (χ2v) is 5.41. The molecule has 0 saturated heterocycles. The number of nitrogens with zero attached hydrogens (tertiary/aromatic N) is 3. The summed E-state index contributed by atoms with van der Waals surface area (Å²) in [5, 5.41) is 27.1. The first kappa shape index (κ1) is 16.4. The summed E-state index contributed by atoms with van der Waals surface area (Å²) in [5.41, 5.74) is 1.99. The number of benzene rings is 1. The molecule has 0 aliphatic carbocycles.